The van der Waals surface area contributed by atoms with Crippen LogP contribution in [0.2, 0.25) is 0 Å². The molecule has 0 amide bonds. The average Bonchev–Trinajstić information content (AvgIpc) is 2.88. The Morgan fingerprint density at radius 2 is 2.23 bits per heavy atom. The molecule has 2 aromatic rings. The predicted octanol–water partition coefficient (Wildman–Crippen LogP) is 2.15. The summed E-state index contributed by atoms with van der Waals surface area (Å²) in [6.45, 7) is 4.42. The number of rotatable bonds is 4. The van der Waals surface area contributed by atoms with Crippen LogP contribution in [0.3, 0.4) is 0 Å². The van der Waals surface area contributed by atoms with Crippen LogP contribution in [0.4, 0.5) is 5.82 Å². The Morgan fingerprint density at radius 1 is 1.41 bits per heavy atom. The normalized spacial score (nSPS) is 22.7. The molecular formula is C16H24N4OS. The van der Waals surface area contributed by atoms with Crippen molar-refractivity contribution in [1.29, 1.82) is 0 Å². The van der Waals surface area contributed by atoms with Gasteiger partial charge in [-0.1, -0.05) is 6.92 Å². The summed E-state index contributed by atoms with van der Waals surface area (Å²) in [4.78, 5) is 15.6. The van der Waals surface area contributed by atoms with Crippen molar-refractivity contribution < 1.29 is 5.11 Å². The second kappa shape index (κ2) is 6.10. The minimum Gasteiger partial charge on any atom is -0.387 e. The molecule has 3 heterocycles. The zero-order valence-corrected chi connectivity index (χ0v) is 14.4. The number of thiophene rings is 1. The summed E-state index contributed by atoms with van der Waals surface area (Å²) in [5, 5.41) is 12.0. The van der Waals surface area contributed by atoms with Crippen LogP contribution in [-0.2, 0) is 6.42 Å². The van der Waals surface area contributed by atoms with Gasteiger partial charge in [-0.25, -0.2) is 9.97 Å². The molecule has 1 fully saturated rings. The monoisotopic (exact) mass is 320 g/mol. The number of aryl methyl sites for hydroxylation is 1. The molecule has 1 atom stereocenters. The van der Waals surface area contributed by atoms with E-state index in [0.29, 0.717) is 13.1 Å². The minimum atomic E-state index is -0.664. The third kappa shape index (κ3) is 3.09. The molecule has 0 aliphatic carbocycles. The molecule has 0 radical (unpaired) electrons. The average molecular weight is 320 g/mol. The number of hydrogen-bond donors (Lipinski definition) is 1. The van der Waals surface area contributed by atoms with Crippen molar-refractivity contribution in [2.24, 2.45) is 0 Å². The standard InChI is InChI=1S/C16H24N4OS/c1-4-12-8-13-14(17-11-18-15(13)22-12)20-7-5-6-16(21,10-20)9-19(2)3/h8,11,21H,4-7,9-10H2,1-3H3. The third-order valence-corrected chi connectivity index (χ3v) is 5.36. The molecule has 22 heavy (non-hydrogen) atoms. The van der Waals surface area contributed by atoms with Crippen LogP contribution >= 0.6 is 11.3 Å². The van der Waals surface area contributed by atoms with Gasteiger partial charge < -0.3 is 14.9 Å². The Kier molecular flexibility index (Phi) is 4.34. The molecule has 2 aromatic heterocycles. The first-order chi connectivity index (χ1) is 10.5. The van der Waals surface area contributed by atoms with Crippen molar-refractivity contribution in [2.45, 2.75) is 31.8 Å². The van der Waals surface area contributed by atoms with Crippen LogP contribution in [0.15, 0.2) is 12.4 Å². The van der Waals surface area contributed by atoms with Crippen molar-refractivity contribution in [1.82, 2.24) is 14.9 Å². The van der Waals surface area contributed by atoms with E-state index in [1.54, 1.807) is 17.7 Å². The molecule has 0 bridgehead atoms. The van der Waals surface area contributed by atoms with Crippen LogP contribution in [0.5, 0.6) is 0 Å². The van der Waals surface area contributed by atoms with Gasteiger partial charge in [0.15, 0.2) is 0 Å². The predicted molar refractivity (Wildman–Crippen MR) is 91.7 cm³/mol. The van der Waals surface area contributed by atoms with E-state index in [-0.39, 0.29) is 0 Å². The van der Waals surface area contributed by atoms with Gasteiger partial charge in [-0.15, -0.1) is 11.3 Å². The fraction of sp³-hybridized carbons (Fsp3) is 0.625. The number of aliphatic hydroxyl groups is 1. The zero-order chi connectivity index (χ0) is 15.7. The summed E-state index contributed by atoms with van der Waals surface area (Å²) in [6, 6.07) is 2.20. The van der Waals surface area contributed by atoms with E-state index in [4.69, 9.17) is 0 Å². The molecule has 1 aliphatic rings. The van der Waals surface area contributed by atoms with Gasteiger partial charge in [0.1, 0.15) is 17.0 Å². The maximum Gasteiger partial charge on any atom is 0.140 e. The van der Waals surface area contributed by atoms with Crippen molar-refractivity contribution >= 4 is 27.4 Å². The van der Waals surface area contributed by atoms with Crippen LogP contribution < -0.4 is 4.90 Å². The molecule has 120 valence electrons. The Balaban J connectivity index is 1.91. The summed E-state index contributed by atoms with van der Waals surface area (Å²) < 4.78 is 0. The van der Waals surface area contributed by atoms with Gasteiger partial charge in [-0.2, -0.15) is 0 Å². The van der Waals surface area contributed by atoms with Gasteiger partial charge in [0, 0.05) is 24.5 Å². The lowest BCUT2D eigenvalue weighted by molar-refractivity contribution is 0.00359. The van der Waals surface area contributed by atoms with Gasteiger partial charge in [-0.3, -0.25) is 0 Å². The highest BCUT2D eigenvalue weighted by Gasteiger charge is 2.34. The smallest absolute Gasteiger partial charge is 0.140 e. The molecule has 0 aromatic carbocycles. The number of piperidine rings is 1. The lowest BCUT2D eigenvalue weighted by atomic mass is 9.92. The SMILES string of the molecule is CCc1cc2c(N3CCCC(O)(CN(C)C)C3)ncnc2s1. The highest BCUT2D eigenvalue weighted by Crippen LogP contribution is 2.33. The number of likely N-dealkylation sites (N-methyl/N-ethyl adjacent to an activating group) is 1. The lowest BCUT2D eigenvalue weighted by Crippen LogP contribution is -2.53. The number of aromatic nitrogens is 2. The summed E-state index contributed by atoms with van der Waals surface area (Å²) in [5.74, 6) is 0.970. The van der Waals surface area contributed by atoms with E-state index in [9.17, 15) is 5.11 Å². The highest BCUT2D eigenvalue weighted by atomic mass is 32.1. The quantitative estimate of drug-likeness (QED) is 0.935. The Morgan fingerprint density at radius 3 is 2.95 bits per heavy atom. The number of fused-ring (bicyclic) bond motifs is 1. The maximum absolute atomic E-state index is 10.9. The molecule has 1 saturated heterocycles. The maximum atomic E-state index is 10.9. The second-order valence-electron chi connectivity index (χ2n) is 6.47. The third-order valence-electron chi connectivity index (χ3n) is 4.17. The van der Waals surface area contributed by atoms with E-state index < -0.39 is 5.60 Å². The van der Waals surface area contributed by atoms with Gasteiger partial charge in [0.2, 0.25) is 0 Å². The summed E-state index contributed by atoms with van der Waals surface area (Å²) in [7, 11) is 4.01. The molecule has 5 nitrogen and oxygen atoms in total. The Hall–Kier alpha value is -1.24. The highest BCUT2D eigenvalue weighted by molar-refractivity contribution is 7.18. The Labute approximate surface area is 135 Å². The number of hydrogen-bond acceptors (Lipinski definition) is 6. The van der Waals surface area contributed by atoms with Crippen LogP contribution in [-0.4, -0.2) is 59.3 Å². The first-order valence-electron chi connectivity index (χ1n) is 7.86. The molecule has 6 heteroatoms. The van der Waals surface area contributed by atoms with Gasteiger partial charge >= 0.3 is 0 Å². The first kappa shape index (κ1) is 15.6. The van der Waals surface area contributed by atoms with Gasteiger partial charge in [0.05, 0.1) is 11.0 Å². The van der Waals surface area contributed by atoms with Crippen LogP contribution in [0, 0.1) is 0 Å². The summed E-state index contributed by atoms with van der Waals surface area (Å²) >= 11 is 1.74. The van der Waals surface area contributed by atoms with Crippen molar-refractivity contribution in [2.75, 3.05) is 38.6 Å². The Bertz CT molecular complexity index is 657. The number of nitrogens with zero attached hydrogens (tertiary/aromatic N) is 4. The van der Waals surface area contributed by atoms with Crippen LogP contribution in [0.25, 0.3) is 10.2 Å². The molecule has 3 rings (SSSR count). The fourth-order valence-electron chi connectivity index (χ4n) is 3.33. The molecule has 0 saturated carbocycles. The van der Waals surface area contributed by atoms with Gasteiger partial charge in [-0.05, 0) is 39.4 Å². The fourth-order valence-corrected chi connectivity index (χ4v) is 4.26. The molecule has 1 N–H and O–H groups in total. The van der Waals surface area contributed by atoms with Crippen molar-refractivity contribution in [3.63, 3.8) is 0 Å². The molecule has 1 unspecified atom stereocenters. The number of β-amino-alcohol motifs (C(OH)–C–C–N with tert-alkyl or cyclic N) is 1. The largest absolute Gasteiger partial charge is 0.387 e. The van der Waals surface area contributed by atoms with Crippen LogP contribution in [0.1, 0.15) is 24.6 Å². The van der Waals surface area contributed by atoms with Crippen molar-refractivity contribution in [3.8, 4) is 0 Å². The topological polar surface area (TPSA) is 52.5 Å². The molecule has 0 spiro atoms. The second-order valence-corrected chi connectivity index (χ2v) is 7.58. The lowest BCUT2D eigenvalue weighted by Gasteiger charge is -2.41. The minimum absolute atomic E-state index is 0.634. The van der Waals surface area contributed by atoms with Gasteiger partial charge in [0.25, 0.3) is 0 Å². The number of anilines is 1. The molecular weight excluding hydrogens is 296 g/mol. The van der Waals surface area contributed by atoms with E-state index in [0.717, 1.165) is 41.8 Å². The van der Waals surface area contributed by atoms with E-state index in [1.807, 2.05) is 14.1 Å². The van der Waals surface area contributed by atoms with E-state index in [2.05, 4.69) is 32.8 Å². The van der Waals surface area contributed by atoms with E-state index in [1.165, 1.54) is 4.88 Å². The molecule has 1 aliphatic heterocycles. The zero-order valence-electron chi connectivity index (χ0n) is 13.5. The first-order valence-corrected chi connectivity index (χ1v) is 8.68. The summed E-state index contributed by atoms with van der Waals surface area (Å²) in [6.07, 6.45) is 4.50. The van der Waals surface area contributed by atoms with Crippen molar-refractivity contribution in [3.05, 3.63) is 17.3 Å². The van der Waals surface area contributed by atoms with E-state index >= 15 is 0 Å². The summed E-state index contributed by atoms with van der Waals surface area (Å²) in [5.41, 5.74) is -0.664.